The molecule has 1 fully saturated rings. The summed E-state index contributed by atoms with van der Waals surface area (Å²) < 4.78 is 0. The number of H-pyrrole nitrogens is 1. The summed E-state index contributed by atoms with van der Waals surface area (Å²) in [7, 11) is 0. The minimum absolute atomic E-state index is 0.661. The van der Waals surface area contributed by atoms with Crippen LogP contribution in [0.3, 0.4) is 0 Å². The molecule has 84 valence electrons. The van der Waals surface area contributed by atoms with Gasteiger partial charge in [0.25, 0.3) is 0 Å². The van der Waals surface area contributed by atoms with Crippen molar-refractivity contribution in [3.8, 4) is 0 Å². The van der Waals surface area contributed by atoms with Gasteiger partial charge in [-0.15, -0.1) is 0 Å². The van der Waals surface area contributed by atoms with E-state index in [1.54, 1.807) is 0 Å². The van der Waals surface area contributed by atoms with E-state index in [9.17, 15) is 0 Å². The van der Waals surface area contributed by atoms with E-state index < -0.39 is 0 Å². The zero-order valence-electron chi connectivity index (χ0n) is 9.07. The molecule has 2 heterocycles. The molecule has 0 spiro atoms. The summed E-state index contributed by atoms with van der Waals surface area (Å²) in [4.78, 5) is 7.95. The normalized spacial score (nSPS) is 21.4. The highest BCUT2D eigenvalue weighted by Crippen LogP contribution is 2.26. The van der Waals surface area contributed by atoms with Gasteiger partial charge in [-0.3, -0.25) is 0 Å². The Morgan fingerprint density at radius 2 is 2.25 bits per heavy atom. The van der Waals surface area contributed by atoms with Gasteiger partial charge in [0, 0.05) is 11.8 Å². The Bertz CT molecular complexity index is 441. The number of imidazole rings is 1. The first-order chi connectivity index (χ1) is 7.92. The maximum atomic E-state index is 4.59. The molecule has 1 aromatic carbocycles. The second-order valence-corrected chi connectivity index (χ2v) is 5.43. The SMILES string of the molecule is c1ccc2[nH]c(S[C@H]3CCCNC3)nc2c1. The molecule has 3 rings (SSSR count). The predicted octanol–water partition coefficient (Wildman–Crippen LogP) is 2.41. The van der Waals surface area contributed by atoms with Gasteiger partial charge in [-0.1, -0.05) is 23.9 Å². The number of rotatable bonds is 2. The Hall–Kier alpha value is -1.00. The van der Waals surface area contributed by atoms with Crippen LogP contribution in [0, 0.1) is 0 Å². The Labute approximate surface area is 99.0 Å². The predicted molar refractivity (Wildman–Crippen MR) is 67.8 cm³/mol. The molecule has 0 unspecified atom stereocenters. The van der Waals surface area contributed by atoms with Crippen molar-refractivity contribution in [3.05, 3.63) is 24.3 Å². The van der Waals surface area contributed by atoms with E-state index in [4.69, 9.17) is 0 Å². The summed E-state index contributed by atoms with van der Waals surface area (Å²) in [6.45, 7) is 2.26. The lowest BCUT2D eigenvalue weighted by molar-refractivity contribution is 0.531. The number of benzene rings is 1. The molecule has 0 aliphatic carbocycles. The Balaban J connectivity index is 1.78. The van der Waals surface area contributed by atoms with Gasteiger partial charge in [-0.25, -0.2) is 4.98 Å². The summed E-state index contributed by atoms with van der Waals surface area (Å²) >= 11 is 1.86. The van der Waals surface area contributed by atoms with E-state index >= 15 is 0 Å². The summed E-state index contributed by atoms with van der Waals surface area (Å²) in [5, 5.41) is 5.14. The maximum absolute atomic E-state index is 4.59. The molecule has 0 bridgehead atoms. The van der Waals surface area contributed by atoms with Crippen LogP contribution in [0.2, 0.25) is 0 Å². The number of fused-ring (bicyclic) bond motifs is 1. The van der Waals surface area contributed by atoms with Crippen LogP contribution in [0.25, 0.3) is 11.0 Å². The van der Waals surface area contributed by atoms with E-state index in [0.717, 1.165) is 29.3 Å². The van der Waals surface area contributed by atoms with Gasteiger partial charge in [-0.05, 0) is 31.5 Å². The smallest absolute Gasteiger partial charge is 0.166 e. The average Bonchev–Trinajstić information content (AvgIpc) is 2.72. The largest absolute Gasteiger partial charge is 0.333 e. The van der Waals surface area contributed by atoms with Crippen molar-refractivity contribution in [3.63, 3.8) is 0 Å². The molecule has 0 saturated carbocycles. The average molecular weight is 233 g/mol. The number of aromatic amines is 1. The number of nitrogens with zero attached hydrogens (tertiary/aromatic N) is 1. The van der Waals surface area contributed by atoms with Crippen LogP contribution in [-0.4, -0.2) is 28.3 Å². The minimum Gasteiger partial charge on any atom is -0.333 e. The first-order valence-corrected chi connectivity index (χ1v) is 6.62. The van der Waals surface area contributed by atoms with Gasteiger partial charge in [0.1, 0.15) is 0 Å². The molecular formula is C12H15N3S. The van der Waals surface area contributed by atoms with E-state index in [2.05, 4.69) is 27.4 Å². The van der Waals surface area contributed by atoms with Crippen LogP contribution in [0.1, 0.15) is 12.8 Å². The Kier molecular flexibility index (Phi) is 2.84. The van der Waals surface area contributed by atoms with Crippen LogP contribution in [-0.2, 0) is 0 Å². The first kappa shape index (κ1) is 10.2. The van der Waals surface area contributed by atoms with Crippen LogP contribution in [0.5, 0.6) is 0 Å². The van der Waals surface area contributed by atoms with E-state index in [0.29, 0.717) is 5.25 Å². The van der Waals surface area contributed by atoms with Crippen LogP contribution < -0.4 is 5.32 Å². The Morgan fingerprint density at radius 3 is 3.06 bits per heavy atom. The lowest BCUT2D eigenvalue weighted by Crippen LogP contribution is -2.31. The molecule has 2 N–H and O–H groups in total. The number of nitrogens with one attached hydrogen (secondary N) is 2. The van der Waals surface area contributed by atoms with Gasteiger partial charge in [0.2, 0.25) is 0 Å². The highest BCUT2D eigenvalue weighted by molar-refractivity contribution is 7.99. The number of aromatic nitrogens is 2. The molecule has 1 aliphatic rings. The second-order valence-electron chi connectivity index (χ2n) is 4.15. The lowest BCUT2D eigenvalue weighted by atomic mass is 10.2. The summed E-state index contributed by atoms with van der Waals surface area (Å²) in [5.41, 5.74) is 2.20. The molecule has 2 aromatic rings. The molecule has 4 heteroatoms. The topological polar surface area (TPSA) is 40.7 Å². The quantitative estimate of drug-likeness (QED) is 0.837. The van der Waals surface area contributed by atoms with Crippen LogP contribution in [0.15, 0.2) is 29.4 Å². The number of hydrogen-bond acceptors (Lipinski definition) is 3. The molecule has 1 atom stereocenters. The second kappa shape index (κ2) is 4.47. The molecular weight excluding hydrogens is 218 g/mol. The zero-order chi connectivity index (χ0) is 10.8. The van der Waals surface area contributed by atoms with Gasteiger partial charge < -0.3 is 10.3 Å². The van der Waals surface area contributed by atoms with Crippen molar-refractivity contribution < 1.29 is 0 Å². The van der Waals surface area contributed by atoms with Crippen molar-refractivity contribution in [2.45, 2.75) is 23.2 Å². The van der Waals surface area contributed by atoms with Gasteiger partial charge in [0.15, 0.2) is 5.16 Å². The van der Waals surface area contributed by atoms with Gasteiger partial charge >= 0.3 is 0 Å². The molecule has 1 saturated heterocycles. The van der Waals surface area contributed by atoms with E-state index in [1.807, 2.05) is 23.9 Å². The van der Waals surface area contributed by atoms with Crippen molar-refractivity contribution in [2.24, 2.45) is 0 Å². The van der Waals surface area contributed by atoms with Gasteiger partial charge in [0.05, 0.1) is 11.0 Å². The Morgan fingerprint density at radius 1 is 1.31 bits per heavy atom. The highest BCUT2D eigenvalue weighted by Gasteiger charge is 2.15. The van der Waals surface area contributed by atoms with E-state index in [-0.39, 0.29) is 0 Å². The van der Waals surface area contributed by atoms with E-state index in [1.165, 1.54) is 12.8 Å². The number of piperidine rings is 1. The highest BCUT2D eigenvalue weighted by atomic mass is 32.2. The van der Waals surface area contributed by atoms with Gasteiger partial charge in [-0.2, -0.15) is 0 Å². The van der Waals surface area contributed by atoms with Crippen molar-refractivity contribution in [2.75, 3.05) is 13.1 Å². The number of thioether (sulfide) groups is 1. The molecule has 0 radical (unpaired) electrons. The number of hydrogen-bond donors (Lipinski definition) is 2. The minimum atomic E-state index is 0.661. The third-order valence-electron chi connectivity index (χ3n) is 2.90. The zero-order valence-corrected chi connectivity index (χ0v) is 9.89. The van der Waals surface area contributed by atoms with Crippen LogP contribution >= 0.6 is 11.8 Å². The molecule has 1 aromatic heterocycles. The first-order valence-electron chi connectivity index (χ1n) is 5.74. The van der Waals surface area contributed by atoms with Crippen molar-refractivity contribution >= 4 is 22.8 Å². The fraction of sp³-hybridized carbons (Fsp3) is 0.417. The molecule has 1 aliphatic heterocycles. The van der Waals surface area contributed by atoms with Crippen LogP contribution in [0.4, 0.5) is 0 Å². The standard InChI is InChI=1S/C12H15N3S/c1-2-6-11-10(5-1)14-12(15-11)16-9-4-3-7-13-8-9/h1-2,5-6,9,13H,3-4,7-8H2,(H,14,15)/t9-/m0/s1. The summed E-state index contributed by atoms with van der Waals surface area (Å²) in [6.07, 6.45) is 2.56. The summed E-state index contributed by atoms with van der Waals surface area (Å²) in [6, 6.07) is 8.19. The molecule has 0 amide bonds. The third kappa shape index (κ3) is 2.08. The fourth-order valence-electron chi connectivity index (χ4n) is 2.06. The fourth-order valence-corrected chi connectivity index (χ4v) is 3.18. The number of para-hydroxylation sites is 2. The summed E-state index contributed by atoms with van der Waals surface area (Å²) in [5.74, 6) is 0. The molecule has 16 heavy (non-hydrogen) atoms. The van der Waals surface area contributed by atoms with Crippen molar-refractivity contribution in [1.29, 1.82) is 0 Å². The third-order valence-corrected chi connectivity index (χ3v) is 4.05. The van der Waals surface area contributed by atoms with Crippen molar-refractivity contribution in [1.82, 2.24) is 15.3 Å². The molecule has 3 nitrogen and oxygen atoms in total. The lowest BCUT2D eigenvalue weighted by Gasteiger charge is -2.20. The monoisotopic (exact) mass is 233 g/mol. The maximum Gasteiger partial charge on any atom is 0.166 e.